The number of nitrogens with one attached hydrogen (secondary N) is 2. The lowest BCUT2D eigenvalue weighted by atomic mass is 9.97. The fourth-order valence-electron chi connectivity index (χ4n) is 3.77. The maximum absolute atomic E-state index is 13.0. The summed E-state index contributed by atoms with van der Waals surface area (Å²) in [5, 5.41) is 26.4. The number of rotatable bonds is 11. The molecule has 0 saturated heterocycles. The van der Waals surface area contributed by atoms with Crippen molar-refractivity contribution < 1.29 is 24.6 Å². The van der Waals surface area contributed by atoms with Crippen LogP contribution >= 0.6 is 0 Å². The highest BCUT2D eigenvalue weighted by Gasteiger charge is 2.28. The molecule has 33 heavy (non-hydrogen) atoms. The molecule has 0 radical (unpaired) electrons. The molecule has 0 aliphatic carbocycles. The van der Waals surface area contributed by atoms with Crippen molar-refractivity contribution >= 4 is 28.6 Å². The molecule has 1 unspecified atom stereocenters. The number of carboxylic acids is 2. The highest BCUT2D eigenvalue weighted by atomic mass is 16.4. The Morgan fingerprint density at radius 2 is 1.48 bits per heavy atom. The van der Waals surface area contributed by atoms with Gasteiger partial charge >= 0.3 is 11.9 Å². The predicted octanol–water partition coefficient (Wildman–Crippen LogP) is 3.02. The molecule has 0 aliphatic rings. The Bertz CT molecular complexity index is 1110. The van der Waals surface area contributed by atoms with Gasteiger partial charge in [-0.15, -0.1) is 0 Å². The van der Waals surface area contributed by atoms with Crippen LogP contribution in [0.1, 0.15) is 24.5 Å². The molecule has 3 aromatic rings. The third-order valence-corrected chi connectivity index (χ3v) is 5.61. The van der Waals surface area contributed by atoms with Crippen molar-refractivity contribution in [2.45, 2.75) is 44.3 Å². The predicted molar refractivity (Wildman–Crippen MR) is 126 cm³/mol. The number of fused-ring (bicyclic) bond motifs is 1. The van der Waals surface area contributed by atoms with E-state index in [1.165, 1.54) is 6.92 Å². The number of hydrogen-bond acceptors (Lipinski definition) is 4. The molecule has 0 spiro atoms. The van der Waals surface area contributed by atoms with E-state index >= 15 is 0 Å². The molecule has 0 heterocycles. The molecule has 1 amide bonds. The second kappa shape index (κ2) is 11.2. The van der Waals surface area contributed by atoms with Crippen molar-refractivity contribution in [3.63, 3.8) is 0 Å². The topological polar surface area (TPSA) is 116 Å². The highest BCUT2D eigenvalue weighted by Crippen LogP contribution is 2.20. The highest BCUT2D eigenvalue weighted by molar-refractivity contribution is 5.90. The van der Waals surface area contributed by atoms with Gasteiger partial charge in [0.25, 0.3) is 0 Å². The molecule has 172 valence electrons. The maximum Gasteiger partial charge on any atom is 0.325 e. The van der Waals surface area contributed by atoms with Crippen LogP contribution in [0.4, 0.5) is 0 Å². The van der Waals surface area contributed by atoms with E-state index in [9.17, 15) is 24.6 Å². The second-order valence-corrected chi connectivity index (χ2v) is 8.05. The van der Waals surface area contributed by atoms with Gasteiger partial charge in [0.2, 0.25) is 5.91 Å². The monoisotopic (exact) mass is 448 g/mol. The van der Waals surface area contributed by atoms with Crippen LogP contribution in [0, 0.1) is 0 Å². The number of benzene rings is 3. The third kappa shape index (κ3) is 6.63. The summed E-state index contributed by atoms with van der Waals surface area (Å²) < 4.78 is 0. The Balaban J connectivity index is 1.83. The maximum atomic E-state index is 13.0. The fraction of sp³-hybridized carbons (Fsp3) is 0.269. The lowest BCUT2D eigenvalue weighted by molar-refractivity contribution is -0.143. The molecular weight excluding hydrogens is 420 g/mol. The van der Waals surface area contributed by atoms with Gasteiger partial charge in [-0.3, -0.25) is 19.7 Å². The normalized spacial score (nSPS) is 13.7. The SMILES string of the molecule is C[C@H](NC(=O)[C@H](Cc1cccc2ccccc12)NC(CCc1ccccc1)C(=O)O)C(=O)O. The standard InChI is InChI=1S/C26H28N2O5/c1-17(25(30)31)27-24(29)23(16-20-12-7-11-19-10-5-6-13-21(19)20)28-22(26(32)33)15-14-18-8-3-2-4-9-18/h2-13,17,22-23,28H,14-16H2,1H3,(H,27,29)(H,30,31)(H,32,33)/t17-,22?,23-/m0/s1. The summed E-state index contributed by atoms with van der Waals surface area (Å²) in [6.45, 7) is 1.37. The summed E-state index contributed by atoms with van der Waals surface area (Å²) >= 11 is 0. The summed E-state index contributed by atoms with van der Waals surface area (Å²) in [6.07, 6.45) is 1.03. The average Bonchev–Trinajstić information content (AvgIpc) is 2.81. The number of aryl methyl sites for hydroxylation is 1. The van der Waals surface area contributed by atoms with Gasteiger partial charge in [0.15, 0.2) is 0 Å². The first-order chi connectivity index (χ1) is 15.8. The molecule has 0 aliphatic heterocycles. The molecule has 0 fully saturated rings. The van der Waals surface area contributed by atoms with Crippen molar-refractivity contribution in [2.24, 2.45) is 0 Å². The fourth-order valence-corrected chi connectivity index (χ4v) is 3.77. The number of carboxylic acid groups (broad SMARTS) is 2. The van der Waals surface area contributed by atoms with Crippen molar-refractivity contribution in [2.75, 3.05) is 0 Å². The van der Waals surface area contributed by atoms with E-state index in [1.54, 1.807) is 0 Å². The van der Waals surface area contributed by atoms with Gasteiger partial charge < -0.3 is 15.5 Å². The molecule has 0 saturated carbocycles. The Kier molecular flexibility index (Phi) is 8.16. The number of aliphatic carboxylic acids is 2. The van der Waals surface area contributed by atoms with Crippen LogP contribution < -0.4 is 10.6 Å². The summed E-state index contributed by atoms with van der Waals surface area (Å²) in [7, 11) is 0. The van der Waals surface area contributed by atoms with Gasteiger partial charge in [-0.05, 0) is 48.1 Å². The zero-order valence-corrected chi connectivity index (χ0v) is 18.4. The van der Waals surface area contributed by atoms with E-state index in [0.29, 0.717) is 6.42 Å². The Labute approximate surface area is 192 Å². The van der Waals surface area contributed by atoms with E-state index in [1.807, 2.05) is 72.8 Å². The molecule has 0 aromatic heterocycles. The number of carbonyl (C=O) groups excluding carboxylic acids is 1. The number of amides is 1. The van der Waals surface area contributed by atoms with Crippen LogP contribution in [0.15, 0.2) is 72.8 Å². The first-order valence-electron chi connectivity index (χ1n) is 10.9. The van der Waals surface area contributed by atoms with Gasteiger partial charge in [-0.25, -0.2) is 0 Å². The third-order valence-electron chi connectivity index (χ3n) is 5.61. The Morgan fingerprint density at radius 1 is 0.818 bits per heavy atom. The lowest BCUT2D eigenvalue weighted by Crippen LogP contribution is -2.54. The minimum Gasteiger partial charge on any atom is -0.480 e. The molecule has 7 nitrogen and oxygen atoms in total. The van der Waals surface area contributed by atoms with Crippen molar-refractivity contribution in [1.29, 1.82) is 0 Å². The van der Waals surface area contributed by atoms with Crippen molar-refractivity contribution in [3.05, 3.63) is 83.9 Å². The van der Waals surface area contributed by atoms with Gasteiger partial charge in [0.05, 0.1) is 6.04 Å². The lowest BCUT2D eigenvalue weighted by Gasteiger charge is -2.24. The molecule has 7 heteroatoms. The van der Waals surface area contributed by atoms with Crippen LogP contribution in [0.3, 0.4) is 0 Å². The van der Waals surface area contributed by atoms with E-state index in [4.69, 9.17) is 0 Å². The van der Waals surface area contributed by atoms with Crippen LogP contribution in [0.2, 0.25) is 0 Å². The molecular formula is C26H28N2O5. The number of carbonyl (C=O) groups is 3. The minimum atomic E-state index is -1.16. The van der Waals surface area contributed by atoms with Crippen LogP contribution in [-0.2, 0) is 27.2 Å². The first kappa shape index (κ1) is 23.9. The van der Waals surface area contributed by atoms with Gasteiger partial charge in [0, 0.05) is 0 Å². The van der Waals surface area contributed by atoms with Crippen LogP contribution in [-0.4, -0.2) is 46.2 Å². The molecule has 4 N–H and O–H groups in total. The summed E-state index contributed by atoms with van der Waals surface area (Å²) in [4.78, 5) is 36.2. The molecule has 0 bridgehead atoms. The largest absolute Gasteiger partial charge is 0.480 e. The van der Waals surface area contributed by atoms with Gasteiger partial charge in [-0.1, -0.05) is 72.8 Å². The molecule has 3 rings (SSSR count). The zero-order valence-electron chi connectivity index (χ0n) is 18.4. The Hall–Kier alpha value is -3.71. The zero-order chi connectivity index (χ0) is 23.8. The van der Waals surface area contributed by atoms with Crippen molar-refractivity contribution in [1.82, 2.24) is 10.6 Å². The van der Waals surface area contributed by atoms with Gasteiger partial charge in [-0.2, -0.15) is 0 Å². The van der Waals surface area contributed by atoms with Crippen LogP contribution in [0.25, 0.3) is 10.8 Å². The summed E-state index contributed by atoms with van der Waals surface area (Å²) in [6, 6.07) is 20.0. The van der Waals surface area contributed by atoms with Crippen molar-refractivity contribution in [3.8, 4) is 0 Å². The quantitative estimate of drug-likeness (QED) is 0.358. The molecule has 3 aromatic carbocycles. The van der Waals surface area contributed by atoms with E-state index < -0.39 is 36.0 Å². The van der Waals surface area contributed by atoms with Crippen LogP contribution in [0.5, 0.6) is 0 Å². The van der Waals surface area contributed by atoms with E-state index in [2.05, 4.69) is 10.6 Å². The molecule has 3 atom stereocenters. The first-order valence-corrected chi connectivity index (χ1v) is 10.9. The smallest absolute Gasteiger partial charge is 0.325 e. The van der Waals surface area contributed by atoms with E-state index in [0.717, 1.165) is 21.9 Å². The van der Waals surface area contributed by atoms with E-state index in [-0.39, 0.29) is 12.8 Å². The summed E-state index contributed by atoms with van der Waals surface area (Å²) in [5.74, 6) is -2.78. The summed E-state index contributed by atoms with van der Waals surface area (Å²) in [5.41, 5.74) is 1.87. The van der Waals surface area contributed by atoms with Gasteiger partial charge in [0.1, 0.15) is 12.1 Å². The second-order valence-electron chi connectivity index (χ2n) is 8.05. The average molecular weight is 449 g/mol. The number of hydrogen-bond donors (Lipinski definition) is 4. The minimum absolute atomic E-state index is 0.217. The Morgan fingerprint density at radius 3 is 2.18 bits per heavy atom.